The molecule has 0 heterocycles. The molecule has 0 bridgehead atoms. The molecule has 136 valence electrons. The minimum Gasteiger partial charge on any atom is -0.481 e. The Morgan fingerprint density at radius 3 is 2.00 bits per heavy atom. The summed E-state index contributed by atoms with van der Waals surface area (Å²) in [5, 5.41) is 8.54. The number of aliphatic carboxylic acids is 1. The smallest absolute Gasteiger partial charge is 0.305 e. The van der Waals surface area contributed by atoms with Crippen LogP contribution in [0, 0.1) is 5.41 Å². The second kappa shape index (κ2) is 13.4. The number of carbonyl (C=O) groups excluding carboxylic acids is 1. The zero-order valence-electron chi connectivity index (χ0n) is 15.4. The first-order valence-electron chi connectivity index (χ1n) is 9.31. The summed E-state index contributed by atoms with van der Waals surface area (Å²) in [5.74, 6) is -0.794. The largest absolute Gasteiger partial charge is 0.481 e. The molecule has 0 aromatic carbocycles. The molecule has 0 aromatic heterocycles. The number of rotatable bonds is 15. The van der Waals surface area contributed by atoms with E-state index < -0.39 is 5.97 Å². The van der Waals surface area contributed by atoms with Crippen molar-refractivity contribution in [3.63, 3.8) is 0 Å². The van der Waals surface area contributed by atoms with Crippen LogP contribution in [0.15, 0.2) is 0 Å². The molecule has 0 fully saturated rings. The minimum atomic E-state index is -0.717. The van der Waals surface area contributed by atoms with Gasteiger partial charge in [-0.25, -0.2) is 0 Å². The first kappa shape index (κ1) is 21.9. The lowest BCUT2D eigenvalue weighted by Gasteiger charge is -2.27. The summed E-state index contributed by atoms with van der Waals surface area (Å²) >= 11 is 0. The number of esters is 1. The molecular weight excluding hydrogens is 292 g/mol. The normalized spacial score (nSPS) is 13.5. The van der Waals surface area contributed by atoms with E-state index in [2.05, 4.69) is 20.8 Å². The molecule has 0 aliphatic carbocycles. The maximum atomic E-state index is 11.8. The van der Waals surface area contributed by atoms with Crippen molar-refractivity contribution in [2.24, 2.45) is 5.41 Å². The van der Waals surface area contributed by atoms with Crippen molar-refractivity contribution in [2.75, 3.05) is 6.61 Å². The Kier molecular flexibility index (Phi) is 12.8. The molecule has 1 unspecified atom stereocenters. The quantitative estimate of drug-likeness (QED) is 0.325. The zero-order chi connectivity index (χ0) is 17.6. The van der Waals surface area contributed by atoms with Crippen molar-refractivity contribution >= 4 is 11.9 Å². The fourth-order valence-electron chi connectivity index (χ4n) is 2.53. The Hall–Kier alpha value is -1.06. The first-order chi connectivity index (χ1) is 10.9. The van der Waals surface area contributed by atoms with E-state index in [-0.39, 0.29) is 17.8 Å². The average Bonchev–Trinajstić information content (AvgIpc) is 2.53. The molecule has 1 N–H and O–H groups in total. The number of hydrogen-bond donors (Lipinski definition) is 1. The van der Waals surface area contributed by atoms with Gasteiger partial charge < -0.3 is 9.84 Å². The lowest BCUT2D eigenvalue weighted by Crippen LogP contribution is -2.24. The fraction of sp³-hybridized carbons (Fsp3) is 0.895. The third-order valence-corrected chi connectivity index (χ3v) is 4.59. The van der Waals surface area contributed by atoms with Gasteiger partial charge in [-0.3, -0.25) is 9.59 Å². The highest BCUT2D eigenvalue weighted by atomic mass is 16.5. The summed E-state index contributed by atoms with van der Waals surface area (Å²) in [7, 11) is 0. The molecule has 1 atom stereocenters. The van der Waals surface area contributed by atoms with Gasteiger partial charge in [0, 0.05) is 18.3 Å². The molecule has 0 aliphatic rings. The molecule has 0 aromatic rings. The minimum absolute atomic E-state index is 0.0768. The molecule has 0 radical (unpaired) electrons. The van der Waals surface area contributed by atoms with Gasteiger partial charge in [0.05, 0.1) is 6.61 Å². The van der Waals surface area contributed by atoms with Crippen LogP contribution in [-0.2, 0) is 14.3 Å². The molecule has 0 saturated carbocycles. The van der Waals surface area contributed by atoms with Crippen LogP contribution in [0.25, 0.3) is 0 Å². The standard InChI is InChI=1S/C19H36O4/c1-4-6-15-19(3,5-2)16-23-18(22)14-12-10-8-7-9-11-13-17(20)21/h4-16H2,1-3H3,(H,20,21). The maximum Gasteiger partial charge on any atom is 0.305 e. The predicted octanol–water partition coefficient (Wildman–Crippen LogP) is 5.34. The van der Waals surface area contributed by atoms with Crippen molar-refractivity contribution in [1.29, 1.82) is 0 Å². The van der Waals surface area contributed by atoms with E-state index in [4.69, 9.17) is 9.84 Å². The highest BCUT2D eigenvalue weighted by Crippen LogP contribution is 2.28. The van der Waals surface area contributed by atoms with E-state index in [1.807, 2.05) is 0 Å². The van der Waals surface area contributed by atoms with Crippen molar-refractivity contribution < 1.29 is 19.4 Å². The highest BCUT2D eigenvalue weighted by Gasteiger charge is 2.23. The number of ether oxygens (including phenoxy) is 1. The van der Waals surface area contributed by atoms with Gasteiger partial charge in [0.25, 0.3) is 0 Å². The lowest BCUT2D eigenvalue weighted by atomic mass is 9.83. The summed E-state index contributed by atoms with van der Waals surface area (Å²) in [4.78, 5) is 22.2. The van der Waals surface area contributed by atoms with Gasteiger partial charge in [0.15, 0.2) is 0 Å². The summed E-state index contributed by atoms with van der Waals surface area (Å²) < 4.78 is 5.46. The molecule has 0 spiro atoms. The monoisotopic (exact) mass is 328 g/mol. The summed E-state index contributed by atoms with van der Waals surface area (Å²) in [6, 6.07) is 0. The van der Waals surface area contributed by atoms with Gasteiger partial charge in [-0.05, 0) is 25.7 Å². The number of carbonyl (C=O) groups is 2. The zero-order valence-corrected chi connectivity index (χ0v) is 15.4. The van der Waals surface area contributed by atoms with E-state index in [1.165, 1.54) is 12.8 Å². The molecule has 0 saturated heterocycles. The second-order valence-electron chi connectivity index (χ2n) is 6.94. The third kappa shape index (κ3) is 13.1. The van der Waals surface area contributed by atoms with Gasteiger partial charge in [-0.2, -0.15) is 0 Å². The lowest BCUT2D eigenvalue weighted by molar-refractivity contribution is -0.147. The summed E-state index contributed by atoms with van der Waals surface area (Å²) in [6.45, 7) is 7.09. The third-order valence-electron chi connectivity index (χ3n) is 4.59. The first-order valence-corrected chi connectivity index (χ1v) is 9.31. The fourth-order valence-corrected chi connectivity index (χ4v) is 2.53. The van der Waals surface area contributed by atoms with Crippen LogP contribution < -0.4 is 0 Å². The van der Waals surface area contributed by atoms with Crippen LogP contribution >= 0.6 is 0 Å². The number of unbranched alkanes of at least 4 members (excludes halogenated alkanes) is 6. The Labute approximate surface area is 142 Å². The van der Waals surface area contributed by atoms with Crippen LogP contribution in [0.3, 0.4) is 0 Å². The van der Waals surface area contributed by atoms with E-state index in [0.29, 0.717) is 13.0 Å². The molecule has 4 nitrogen and oxygen atoms in total. The van der Waals surface area contributed by atoms with Crippen LogP contribution in [0.2, 0.25) is 0 Å². The van der Waals surface area contributed by atoms with Crippen molar-refractivity contribution in [3.05, 3.63) is 0 Å². The molecule has 0 rings (SSSR count). The molecular formula is C19H36O4. The van der Waals surface area contributed by atoms with Gasteiger partial charge in [0.1, 0.15) is 0 Å². The number of carboxylic acid groups (broad SMARTS) is 1. The van der Waals surface area contributed by atoms with Crippen molar-refractivity contribution in [2.45, 2.75) is 97.8 Å². The molecule has 0 amide bonds. The van der Waals surface area contributed by atoms with E-state index >= 15 is 0 Å². The predicted molar refractivity (Wildman–Crippen MR) is 93.5 cm³/mol. The Balaban J connectivity index is 3.61. The summed E-state index contributed by atoms with van der Waals surface area (Å²) in [5.41, 5.74) is 0.121. The number of hydrogen-bond acceptors (Lipinski definition) is 3. The van der Waals surface area contributed by atoms with Crippen molar-refractivity contribution in [1.82, 2.24) is 0 Å². The maximum absolute atomic E-state index is 11.8. The van der Waals surface area contributed by atoms with Crippen LogP contribution in [0.1, 0.15) is 97.8 Å². The van der Waals surface area contributed by atoms with Gasteiger partial charge in [0.2, 0.25) is 0 Å². The number of carboxylic acids is 1. The molecule has 4 heteroatoms. The van der Waals surface area contributed by atoms with Gasteiger partial charge in [-0.15, -0.1) is 0 Å². The Morgan fingerprint density at radius 2 is 1.48 bits per heavy atom. The highest BCUT2D eigenvalue weighted by molar-refractivity contribution is 5.69. The van der Waals surface area contributed by atoms with E-state index in [0.717, 1.165) is 51.4 Å². The van der Waals surface area contributed by atoms with E-state index in [1.54, 1.807) is 0 Å². The van der Waals surface area contributed by atoms with Crippen LogP contribution in [-0.4, -0.2) is 23.7 Å². The van der Waals surface area contributed by atoms with Gasteiger partial charge >= 0.3 is 11.9 Å². The van der Waals surface area contributed by atoms with Crippen LogP contribution in [0.5, 0.6) is 0 Å². The van der Waals surface area contributed by atoms with Crippen LogP contribution in [0.4, 0.5) is 0 Å². The van der Waals surface area contributed by atoms with Gasteiger partial charge in [-0.1, -0.05) is 59.3 Å². The average molecular weight is 328 g/mol. The molecule has 0 aliphatic heterocycles. The Morgan fingerprint density at radius 1 is 0.913 bits per heavy atom. The molecule has 23 heavy (non-hydrogen) atoms. The SMILES string of the molecule is CCCCC(C)(CC)COC(=O)CCCCCCCCC(=O)O. The second-order valence-corrected chi connectivity index (χ2v) is 6.94. The summed E-state index contributed by atoms with van der Waals surface area (Å²) in [6.07, 6.45) is 11.0. The Bertz CT molecular complexity index is 327. The van der Waals surface area contributed by atoms with Crippen molar-refractivity contribution in [3.8, 4) is 0 Å². The topological polar surface area (TPSA) is 63.6 Å². The van der Waals surface area contributed by atoms with E-state index in [9.17, 15) is 9.59 Å².